The van der Waals surface area contributed by atoms with E-state index in [1.807, 2.05) is 0 Å². The molecule has 0 aromatic carbocycles. The van der Waals surface area contributed by atoms with E-state index < -0.39 is 6.17 Å². The van der Waals surface area contributed by atoms with Crippen molar-refractivity contribution in [3.63, 3.8) is 0 Å². The second kappa shape index (κ2) is 4.19. The second-order valence-electron chi connectivity index (χ2n) is 7.77. The van der Waals surface area contributed by atoms with E-state index in [1.54, 1.807) is 5.57 Å². The highest BCUT2D eigenvalue weighted by Crippen LogP contribution is 2.62. The first-order valence-corrected chi connectivity index (χ1v) is 8.19. The maximum absolute atomic E-state index is 14.4. The maximum atomic E-state index is 14.4. The van der Waals surface area contributed by atoms with Gasteiger partial charge in [-0.3, -0.25) is 0 Å². The van der Waals surface area contributed by atoms with Crippen molar-refractivity contribution in [3.8, 4) is 0 Å². The molecular formula is C18H25FO. The summed E-state index contributed by atoms with van der Waals surface area (Å²) in [6, 6.07) is 0. The highest BCUT2D eigenvalue weighted by Gasteiger charge is 2.56. The lowest BCUT2D eigenvalue weighted by atomic mass is 9.53. The van der Waals surface area contributed by atoms with Crippen LogP contribution in [-0.2, 0) is 4.74 Å². The van der Waals surface area contributed by atoms with Gasteiger partial charge in [0.15, 0.2) is 0 Å². The van der Waals surface area contributed by atoms with Gasteiger partial charge in [0.25, 0.3) is 0 Å². The fourth-order valence-electron chi connectivity index (χ4n) is 5.49. The smallest absolute Gasteiger partial charge is 0.106 e. The van der Waals surface area contributed by atoms with E-state index in [0.29, 0.717) is 11.8 Å². The molecule has 1 saturated heterocycles. The molecule has 0 bridgehead atoms. The lowest BCUT2D eigenvalue weighted by Gasteiger charge is -2.53. The molecule has 1 nitrogen and oxygen atoms in total. The molecule has 0 spiro atoms. The minimum atomic E-state index is -0.602. The summed E-state index contributed by atoms with van der Waals surface area (Å²) in [5, 5.41) is 0. The molecule has 0 N–H and O–H groups in total. The van der Waals surface area contributed by atoms with Crippen LogP contribution in [-0.4, -0.2) is 19.4 Å². The van der Waals surface area contributed by atoms with Crippen molar-refractivity contribution in [2.45, 2.75) is 52.1 Å². The van der Waals surface area contributed by atoms with Gasteiger partial charge in [-0.05, 0) is 43.9 Å². The van der Waals surface area contributed by atoms with Crippen LogP contribution in [0.15, 0.2) is 23.3 Å². The summed E-state index contributed by atoms with van der Waals surface area (Å²) in [7, 11) is 0. The molecule has 1 aliphatic heterocycles. The Kier molecular flexibility index (Phi) is 2.74. The van der Waals surface area contributed by atoms with Gasteiger partial charge in [0.1, 0.15) is 6.17 Å². The lowest BCUT2D eigenvalue weighted by Crippen LogP contribution is -2.47. The summed E-state index contributed by atoms with van der Waals surface area (Å²) in [5.41, 5.74) is 3.18. The molecule has 0 radical (unpaired) electrons. The van der Waals surface area contributed by atoms with Crippen LogP contribution in [0.5, 0.6) is 0 Å². The van der Waals surface area contributed by atoms with Crippen LogP contribution >= 0.6 is 0 Å². The van der Waals surface area contributed by atoms with Crippen molar-refractivity contribution in [2.75, 3.05) is 13.2 Å². The lowest BCUT2D eigenvalue weighted by molar-refractivity contribution is -0.0117. The quantitative estimate of drug-likeness (QED) is 0.635. The van der Waals surface area contributed by atoms with E-state index in [-0.39, 0.29) is 10.8 Å². The standard InChI is InChI=1S/C18H25FO/c1-17-9-7-15-13(14(17)5-6-16(17)19)4-3-12-8-10-20-11-18(12,15)2/h3-4,14-16H,5-11H2,1-2H3/t14-,15+,16?,17-,18-/m0/s1. The number of hydrogen-bond acceptors (Lipinski definition) is 1. The third-order valence-corrected chi connectivity index (χ3v) is 6.89. The third kappa shape index (κ3) is 1.52. The van der Waals surface area contributed by atoms with Crippen LogP contribution in [0.3, 0.4) is 0 Å². The first-order chi connectivity index (χ1) is 9.56. The molecule has 1 heterocycles. The topological polar surface area (TPSA) is 9.23 Å². The van der Waals surface area contributed by atoms with Crippen molar-refractivity contribution in [3.05, 3.63) is 23.3 Å². The van der Waals surface area contributed by atoms with E-state index in [1.165, 1.54) is 5.57 Å². The minimum absolute atomic E-state index is 0.0977. The van der Waals surface area contributed by atoms with Gasteiger partial charge in [-0.15, -0.1) is 0 Å². The van der Waals surface area contributed by atoms with E-state index in [2.05, 4.69) is 26.0 Å². The average Bonchev–Trinajstić information content (AvgIpc) is 2.74. The number of fused-ring (bicyclic) bond motifs is 5. The van der Waals surface area contributed by atoms with E-state index in [4.69, 9.17) is 4.74 Å². The van der Waals surface area contributed by atoms with Gasteiger partial charge >= 0.3 is 0 Å². The molecule has 4 aliphatic rings. The molecule has 20 heavy (non-hydrogen) atoms. The van der Waals surface area contributed by atoms with Crippen LogP contribution < -0.4 is 0 Å². The molecule has 0 aromatic heterocycles. The Morgan fingerprint density at radius 1 is 1.15 bits per heavy atom. The number of ether oxygens (including phenoxy) is 1. The number of rotatable bonds is 0. The Labute approximate surface area is 121 Å². The highest BCUT2D eigenvalue weighted by atomic mass is 19.1. The molecule has 110 valence electrons. The largest absolute Gasteiger partial charge is 0.380 e. The van der Waals surface area contributed by atoms with Crippen molar-refractivity contribution < 1.29 is 9.13 Å². The molecule has 5 atom stereocenters. The summed E-state index contributed by atoms with van der Waals surface area (Å²) in [6.45, 7) is 6.28. The van der Waals surface area contributed by atoms with Crippen LogP contribution in [0.25, 0.3) is 0 Å². The van der Waals surface area contributed by atoms with Gasteiger partial charge in [0.2, 0.25) is 0 Å². The molecule has 3 fully saturated rings. The molecule has 0 amide bonds. The molecule has 1 unspecified atom stereocenters. The maximum Gasteiger partial charge on any atom is 0.106 e. The minimum Gasteiger partial charge on any atom is -0.380 e. The molecule has 0 aromatic rings. The van der Waals surface area contributed by atoms with E-state index in [9.17, 15) is 4.39 Å². The van der Waals surface area contributed by atoms with Crippen LogP contribution in [0.4, 0.5) is 4.39 Å². The molecule has 4 rings (SSSR count). The second-order valence-corrected chi connectivity index (χ2v) is 7.77. The average molecular weight is 276 g/mol. The van der Waals surface area contributed by atoms with Crippen molar-refractivity contribution in [2.24, 2.45) is 22.7 Å². The van der Waals surface area contributed by atoms with Crippen molar-refractivity contribution in [1.29, 1.82) is 0 Å². The van der Waals surface area contributed by atoms with E-state index >= 15 is 0 Å². The molecule has 2 heteroatoms. The highest BCUT2D eigenvalue weighted by molar-refractivity contribution is 5.38. The zero-order valence-corrected chi connectivity index (χ0v) is 12.6. The summed E-state index contributed by atoms with van der Waals surface area (Å²) in [6.07, 6.45) is 9.15. The van der Waals surface area contributed by atoms with Gasteiger partial charge in [-0.2, -0.15) is 0 Å². The first-order valence-electron chi connectivity index (χ1n) is 8.19. The summed E-state index contributed by atoms with van der Waals surface area (Å²) in [5.74, 6) is 1.05. The SMILES string of the molecule is C[C@]12COCCC1=CC=C1[C@H]2CC[C@]2(C)C(F)CC[C@@H]12. The van der Waals surface area contributed by atoms with Crippen LogP contribution in [0.2, 0.25) is 0 Å². The zero-order chi connectivity index (χ0) is 14.0. The van der Waals surface area contributed by atoms with Crippen molar-refractivity contribution in [1.82, 2.24) is 0 Å². The first kappa shape index (κ1) is 13.1. The molecule has 2 saturated carbocycles. The Hall–Kier alpha value is -0.630. The monoisotopic (exact) mass is 276 g/mol. The van der Waals surface area contributed by atoms with Gasteiger partial charge in [0.05, 0.1) is 13.2 Å². The van der Waals surface area contributed by atoms with Crippen LogP contribution in [0.1, 0.15) is 46.0 Å². The van der Waals surface area contributed by atoms with Gasteiger partial charge < -0.3 is 4.74 Å². The van der Waals surface area contributed by atoms with E-state index in [0.717, 1.165) is 45.3 Å². The van der Waals surface area contributed by atoms with Gasteiger partial charge in [0, 0.05) is 10.8 Å². The number of hydrogen-bond donors (Lipinski definition) is 0. The Balaban J connectivity index is 1.76. The van der Waals surface area contributed by atoms with Gasteiger partial charge in [-0.1, -0.05) is 37.1 Å². The number of allylic oxidation sites excluding steroid dienone is 3. The summed E-state index contributed by atoms with van der Waals surface area (Å²) >= 11 is 0. The number of alkyl halides is 1. The predicted octanol–water partition coefficient (Wildman–Crippen LogP) is 4.44. The molecular weight excluding hydrogens is 251 g/mol. The Morgan fingerprint density at radius 3 is 2.85 bits per heavy atom. The summed E-state index contributed by atoms with van der Waals surface area (Å²) < 4.78 is 20.2. The summed E-state index contributed by atoms with van der Waals surface area (Å²) in [4.78, 5) is 0. The zero-order valence-electron chi connectivity index (χ0n) is 12.6. The van der Waals surface area contributed by atoms with Gasteiger partial charge in [-0.25, -0.2) is 4.39 Å². The fraction of sp³-hybridized carbons (Fsp3) is 0.778. The predicted molar refractivity (Wildman–Crippen MR) is 78.2 cm³/mol. The third-order valence-electron chi connectivity index (χ3n) is 6.89. The molecule has 3 aliphatic carbocycles. The van der Waals surface area contributed by atoms with Crippen LogP contribution in [0, 0.1) is 22.7 Å². The Morgan fingerprint density at radius 2 is 2.00 bits per heavy atom. The fourth-order valence-corrected chi connectivity index (χ4v) is 5.49. The number of halogens is 1. The Bertz CT molecular complexity index is 494. The van der Waals surface area contributed by atoms with Crippen molar-refractivity contribution >= 4 is 0 Å². The normalized spacial score (nSPS) is 50.6.